The van der Waals surface area contributed by atoms with Gasteiger partial charge in [0.25, 0.3) is 0 Å². The number of aldehydes is 1. The second kappa shape index (κ2) is 50.7. The van der Waals surface area contributed by atoms with Crippen LogP contribution >= 0.6 is 117 Å². The summed E-state index contributed by atoms with van der Waals surface area (Å²) in [5.41, 5.74) is 3.78. The monoisotopic (exact) mass is 1540 g/mol. The third kappa shape index (κ3) is 42.1. The Morgan fingerprint density at radius 3 is 1.37 bits per heavy atom. The van der Waals surface area contributed by atoms with E-state index < -0.39 is 12.2 Å². The molecule has 7 rings (SSSR count). The summed E-state index contributed by atoms with van der Waals surface area (Å²) in [4.78, 5) is 9.87. The molecular formula is C50H56Br6I2MgO8. The van der Waals surface area contributed by atoms with Crippen LogP contribution in [-0.2, 0) is 32.2 Å². The summed E-state index contributed by atoms with van der Waals surface area (Å²) in [6.07, 6.45) is 1.95. The number of hydrogen-bond donors (Lipinski definition) is 4. The first kappa shape index (κ1) is 71.1. The number of carbonyl (C=O) groups excluding carboxylic acids is 1. The van der Waals surface area contributed by atoms with Gasteiger partial charge in [0, 0.05) is 74.9 Å². The van der Waals surface area contributed by atoms with Gasteiger partial charge in [-0.1, -0.05) is 159 Å². The normalized spacial score (nSPS) is 11.2. The van der Waals surface area contributed by atoms with Crippen LogP contribution in [-0.4, -0.2) is 89.4 Å². The number of aliphatic hydroxyl groups is 4. The molecule has 0 aromatic heterocycles. The summed E-state index contributed by atoms with van der Waals surface area (Å²) in [7, 11) is 0. The van der Waals surface area contributed by atoms with E-state index in [0.29, 0.717) is 19.8 Å². The van der Waals surface area contributed by atoms with Crippen LogP contribution < -0.4 is 17.0 Å². The number of rotatable bonds is 11. The predicted molar refractivity (Wildman–Crippen MR) is 305 cm³/mol. The topological polar surface area (TPSA) is 126 Å². The Morgan fingerprint density at radius 2 is 1.04 bits per heavy atom. The molecule has 67 heavy (non-hydrogen) atoms. The molecule has 0 aliphatic carbocycles. The molecular weight excluding hydrogens is 1490 g/mol. The maximum absolute atomic E-state index is 9.98. The van der Waals surface area contributed by atoms with Gasteiger partial charge in [0.2, 0.25) is 0 Å². The van der Waals surface area contributed by atoms with E-state index in [2.05, 4.69) is 123 Å². The quantitative estimate of drug-likeness (QED) is 0.0332. The third-order valence-electron chi connectivity index (χ3n) is 7.61. The summed E-state index contributed by atoms with van der Waals surface area (Å²) in [5.74, 6) is 0. The smallest absolute Gasteiger partial charge is 1.00 e. The molecule has 0 amide bonds. The maximum Gasteiger partial charge on any atom is 2.00 e. The molecule has 0 bridgehead atoms. The van der Waals surface area contributed by atoms with E-state index in [0.717, 1.165) is 64.1 Å². The van der Waals surface area contributed by atoms with Gasteiger partial charge < -0.3 is 56.4 Å². The minimum absolute atomic E-state index is 0. The van der Waals surface area contributed by atoms with E-state index in [9.17, 15) is 15.0 Å². The molecule has 1 saturated heterocycles. The first-order valence-corrected chi connectivity index (χ1v) is 30.3. The minimum Gasteiger partial charge on any atom is -1.00 e. The van der Waals surface area contributed by atoms with Crippen molar-refractivity contribution in [2.24, 2.45) is 0 Å². The Hall–Kier alpha value is -0.184. The number of ether oxygens (including phenoxy) is 3. The largest absolute Gasteiger partial charge is 2.00 e. The van der Waals surface area contributed by atoms with Crippen molar-refractivity contribution >= 4 is 146 Å². The second-order valence-corrected chi connectivity index (χ2v) is 17.4. The summed E-state index contributed by atoms with van der Waals surface area (Å²) in [6, 6.07) is 53.1. The molecule has 0 saturated carbocycles. The van der Waals surface area contributed by atoms with Gasteiger partial charge in [0.05, 0.1) is 26.4 Å². The van der Waals surface area contributed by atoms with E-state index in [1.807, 2.05) is 146 Å². The fourth-order valence-corrected chi connectivity index (χ4v) is 6.86. The van der Waals surface area contributed by atoms with Crippen LogP contribution in [0.25, 0.3) is 0 Å². The molecule has 2 atom stereocenters. The Bertz CT molecular complexity index is 1970. The van der Waals surface area contributed by atoms with E-state index in [-0.39, 0.29) is 59.9 Å². The molecule has 2 unspecified atom stereocenters. The van der Waals surface area contributed by atoms with Gasteiger partial charge in [-0.15, -0.1) is 15.9 Å². The first-order valence-electron chi connectivity index (χ1n) is 20.0. The zero-order valence-electron chi connectivity index (χ0n) is 37.0. The molecule has 0 radical (unpaired) electrons. The van der Waals surface area contributed by atoms with Crippen molar-refractivity contribution in [2.45, 2.75) is 45.2 Å². The van der Waals surface area contributed by atoms with Crippen molar-refractivity contribution in [3.63, 3.8) is 0 Å². The molecule has 0 spiro atoms. The number of halogens is 8. The van der Waals surface area contributed by atoms with Crippen LogP contribution in [0.2, 0.25) is 0 Å². The van der Waals surface area contributed by atoms with Crippen molar-refractivity contribution in [3.8, 4) is 0 Å². The van der Waals surface area contributed by atoms with E-state index in [1.165, 1.54) is 12.8 Å². The van der Waals surface area contributed by atoms with Crippen LogP contribution in [0.5, 0.6) is 0 Å². The predicted octanol–water partition coefficient (Wildman–Crippen LogP) is 11.2. The van der Waals surface area contributed by atoms with Crippen LogP contribution in [0, 0.1) is 6.07 Å². The average molecular weight is 1540 g/mol. The van der Waals surface area contributed by atoms with Crippen LogP contribution in [0.3, 0.4) is 0 Å². The Labute approximate surface area is 489 Å². The Balaban J connectivity index is -0.000000742. The first-order chi connectivity index (χ1) is 31.5. The SMILES string of the molecule is Brc1c[c-]ccc1.Brc1cccc(Br)c1.C1CCOC1.CCO.II.O=CCOCc1ccccc1.OC(COCc1ccccc1)c1cccc(Br)c1.OCC(O)c1cccc(Br)c1.[Br-].[Mg+2]. The molecule has 4 N–H and O–H groups in total. The molecule has 1 fully saturated rings. The van der Waals surface area contributed by atoms with E-state index >= 15 is 0 Å². The van der Waals surface area contributed by atoms with Crippen LogP contribution in [0.15, 0.2) is 180 Å². The molecule has 8 nitrogen and oxygen atoms in total. The van der Waals surface area contributed by atoms with Crippen molar-refractivity contribution in [3.05, 3.63) is 208 Å². The van der Waals surface area contributed by atoms with Gasteiger partial charge in [-0.3, -0.25) is 0 Å². The van der Waals surface area contributed by atoms with Gasteiger partial charge in [0.1, 0.15) is 25.1 Å². The summed E-state index contributed by atoms with van der Waals surface area (Å²) >= 11 is 20.8. The fraction of sp³-hybridized carbons (Fsp3) is 0.260. The molecule has 1 aliphatic heterocycles. The number of hydrogen-bond acceptors (Lipinski definition) is 8. The van der Waals surface area contributed by atoms with Crippen molar-refractivity contribution in [2.75, 3.05) is 39.6 Å². The van der Waals surface area contributed by atoms with Gasteiger partial charge in [0.15, 0.2) is 0 Å². The number of aliphatic hydroxyl groups excluding tert-OH is 4. The Morgan fingerprint density at radius 1 is 0.627 bits per heavy atom. The molecule has 1 aliphatic rings. The van der Waals surface area contributed by atoms with Crippen LogP contribution in [0.4, 0.5) is 0 Å². The van der Waals surface area contributed by atoms with Crippen molar-refractivity contribution in [1.82, 2.24) is 0 Å². The van der Waals surface area contributed by atoms with E-state index in [4.69, 9.17) is 24.4 Å². The average Bonchev–Trinajstić information content (AvgIpc) is 3.93. The molecule has 6 aromatic carbocycles. The van der Waals surface area contributed by atoms with Crippen molar-refractivity contribution in [1.29, 1.82) is 0 Å². The third-order valence-corrected chi connectivity index (χ3v) is 10.1. The second-order valence-electron chi connectivity index (χ2n) is 12.8. The van der Waals surface area contributed by atoms with Crippen LogP contribution in [0.1, 0.15) is 54.2 Å². The Kier molecular flexibility index (Phi) is 53.8. The fourth-order valence-electron chi connectivity index (χ4n) is 4.63. The number of carbonyl (C=O) groups is 1. The summed E-state index contributed by atoms with van der Waals surface area (Å²) < 4.78 is 20.6. The summed E-state index contributed by atoms with van der Waals surface area (Å²) in [6.45, 7) is 5.20. The summed E-state index contributed by atoms with van der Waals surface area (Å²) in [5, 5.41) is 35.3. The van der Waals surface area contributed by atoms with Gasteiger partial charge in [-0.2, -0.15) is 30.3 Å². The zero-order valence-corrected chi connectivity index (χ0v) is 52.2. The van der Waals surface area contributed by atoms with Gasteiger partial charge >= 0.3 is 23.1 Å². The standard InChI is InChI=1S/C15H15BrO2.C9H10O2.C8H9BrO2.C6H4Br2.C6H4Br.C4H8O.C2H6O.BrH.I2.Mg/c16-14-8-4-7-13(9-14)15(17)11-18-10-12-5-2-1-3-6-12;10-6-7-11-8-9-4-2-1-3-5-9;9-7-3-1-2-6(4-7)8(11)5-10;7-5-2-1-3-6(8)4-5;7-6-4-2-1-3-5-6;1-2-4-5-3-1;1-2-3;;1-2;/h1-9,15,17H,10-11H2;1-6H,7-8H2;1-4,8,10-11H,5H2;1-4H;1-2,4-5H;1-4H2;3H,2H2,1H3;1H;;/q;;;;-1;;;;;+2/p-1. The zero-order chi connectivity index (χ0) is 48.3. The molecule has 1 heterocycles. The minimum atomic E-state index is -0.771. The van der Waals surface area contributed by atoms with Gasteiger partial charge in [-0.05, 0) is 84.5 Å². The molecule has 362 valence electrons. The van der Waals surface area contributed by atoms with E-state index in [1.54, 1.807) is 19.1 Å². The maximum atomic E-state index is 9.98. The van der Waals surface area contributed by atoms with Gasteiger partial charge in [-0.25, -0.2) is 0 Å². The number of benzene rings is 6. The molecule has 6 aromatic rings. The molecule has 17 heteroatoms. The van der Waals surface area contributed by atoms with Crippen molar-refractivity contribution < 1.29 is 56.4 Å².